The van der Waals surface area contributed by atoms with Crippen molar-refractivity contribution in [2.75, 3.05) is 6.54 Å². The van der Waals surface area contributed by atoms with Crippen molar-refractivity contribution >= 4 is 27.3 Å². The number of aryl methyl sites for hydroxylation is 1. The molecule has 0 atom stereocenters. The van der Waals surface area contributed by atoms with Crippen molar-refractivity contribution in [3.63, 3.8) is 0 Å². The molecular weight excluding hydrogens is 298 g/mol. The van der Waals surface area contributed by atoms with Crippen molar-refractivity contribution in [2.45, 2.75) is 20.4 Å². The van der Waals surface area contributed by atoms with Crippen LogP contribution in [0.1, 0.15) is 17.5 Å². The molecule has 0 fully saturated rings. The van der Waals surface area contributed by atoms with E-state index in [9.17, 15) is 0 Å². The van der Waals surface area contributed by atoms with Crippen LogP contribution in [0, 0.1) is 6.92 Å². The van der Waals surface area contributed by atoms with Crippen LogP contribution in [-0.4, -0.2) is 16.7 Å². The van der Waals surface area contributed by atoms with Crippen LogP contribution in [0.3, 0.4) is 0 Å². The largest absolute Gasteiger partial charge is 0.311 e. The Labute approximate surface area is 113 Å². The molecule has 0 saturated heterocycles. The lowest BCUT2D eigenvalue weighted by Crippen LogP contribution is -2.11. The van der Waals surface area contributed by atoms with Crippen LogP contribution in [0.4, 0.5) is 0 Å². The highest BCUT2D eigenvalue weighted by Gasteiger charge is 2.09. The van der Waals surface area contributed by atoms with Crippen LogP contribution in [-0.2, 0) is 6.54 Å². The maximum atomic E-state index is 4.25. The second-order valence-corrected chi connectivity index (χ2v) is 5.72. The van der Waals surface area contributed by atoms with Crippen molar-refractivity contribution in [3.8, 4) is 10.6 Å². The second kappa shape index (κ2) is 5.71. The summed E-state index contributed by atoms with van der Waals surface area (Å²) in [6, 6.07) is 6.22. The lowest BCUT2D eigenvalue weighted by atomic mass is 10.1. The molecule has 0 unspecified atom stereocenters. The van der Waals surface area contributed by atoms with Gasteiger partial charge in [0.15, 0.2) is 0 Å². The predicted molar refractivity (Wildman–Crippen MR) is 75.2 cm³/mol. The van der Waals surface area contributed by atoms with Crippen LogP contribution >= 0.6 is 27.3 Å². The third-order valence-electron chi connectivity index (χ3n) is 2.42. The van der Waals surface area contributed by atoms with Crippen molar-refractivity contribution in [2.24, 2.45) is 0 Å². The van der Waals surface area contributed by atoms with Gasteiger partial charge in [0.05, 0.1) is 0 Å². The van der Waals surface area contributed by atoms with E-state index >= 15 is 0 Å². The summed E-state index contributed by atoms with van der Waals surface area (Å²) in [5.41, 5.74) is 2.37. The molecule has 0 saturated carbocycles. The smallest absolute Gasteiger partial charge is 0.148 e. The molecule has 1 N–H and O–H groups in total. The highest BCUT2D eigenvalue weighted by Crippen LogP contribution is 2.29. The van der Waals surface area contributed by atoms with Crippen molar-refractivity contribution in [1.29, 1.82) is 0 Å². The van der Waals surface area contributed by atoms with E-state index in [1.165, 1.54) is 5.56 Å². The predicted octanol–water partition coefficient (Wildman–Crippen LogP) is 3.39. The van der Waals surface area contributed by atoms with E-state index in [4.69, 9.17) is 0 Å². The Kier molecular flexibility index (Phi) is 4.25. The van der Waals surface area contributed by atoms with Gasteiger partial charge in [-0.15, -0.1) is 10.2 Å². The molecule has 0 spiro atoms. The van der Waals surface area contributed by atoms with Gasteiger partial charge in [0.25, 0.3) is 0 Å². The molecule has 0 amide bonds. The number of halogens is 1. The minimum atomic E-state index is 0.793. The van der Waals surface area contributed by atoms with Gasteiger partial charge >= 0.3 is 0 Å². The van der Waals surface area contributed by atoms with Gasteiger partial charge in [0.2, 0.25) is 0 Å². The minimum Gasteiger partial charge on any atom is -0.311 e. The molecule has 3 nitrogen and oxygen atoms in total. The zero-order chi connectivity index (χ0) is 12.3. The Morgan fingerprint density at radius 2 is 2.18 bits per heavy atom. The number of aromatic nitrogens is 2. The molecule has 0 aliphatic heterocycles. The van der Waals surface area contributed by atoms with Crippen LogP contribution in [0.25, 0.3) is 10.6 Å². The highest BCUT2D eigenvalue weighted by atomic mass is 79.9. The fourth-order valence-electron chi connectivity index (χ4n) is 1.49. The first-order valence-electron chi connectivity index (χ1n) is 5.50. The Morgan fingerprint density at radius 3 is 2.94 bits per heavy atom. The van der Waals surface area contributed by atoms with E-state index in [1.54, 1.807) is 11.3 Å². The molecule has 5 heteroatoms. The number of rotatable bonds is 4. The maximum absolute atomic E-state index is 4.25. The zero-order valence-electron chi connectivity index (χ0n) is 9.83. The second-order valence-electron chi connectivity index (χ2n) is 3.74. The third kappa shape index (κ3) is 3.12. The molecule has 2 aromatic rings. The molecule has 90 valence electrons. The fraction of sp³-hybridized carbons (Fsp3) is 0.333. The molecule has 0 radical (unpaired) electrons. The molecular formula is C12H14BrN3S. The van der Waals surface area contributed by atoms with E-state index < -0.39 is 0 Å². The van der Waals surface area contributed by atoms with Gasteiger partial charge in [-0.25, -0.2) is 0 Å². The van der Waals surface area contributed by atoms with Gasteiger partial charge in [0.1, 0.15) is 10.0 Å². The fourth-order valence-corrected chi connectivity index (χ4v) is 2.74. The summed E-state index contributed by atoms with van der Waals surface area (Å²) in [6.07, 6.45) is 0. The molecule has 0 aliphatic carbocycles. The number of hydrogen-bond donors (Lipinski definition) is 1. The summed E-state index contributed by atoms with van der Waals surface area (Å²) in [5.74, 6) is 0. The number of nitrogens with one attached hydrogen (secondary N) is 1. The van der Waals surface area contributed by atoms with Gasteiger partial charge in [0, 0.05) is 16.6 Å². The molecule has 17 heavy (non-hydrogen) atoms. The van der Waals surface area contributed by atoms with E-state index in [2.05, 4.69) is 57.4 Å². The lowest BCUT2D eigenvalue weighted by Gasteiger charge is -2.01. The van der Waals surface area contributed by atoms with E-state index in [1.807, 2.05) is 6.07 Å². The summed E-state index contributed by atoms with van der Waals surface area (Å²) < 4.78 is 1.07. The molecule has 0 bridgehead atoms. The van der Waals surface area contributed by atoms with Gasteiger partial charge in [-0.3, -0.25) is 0 Å². The van der Waals surface area contributed by atoms with Crippen molar-refractivity contribution < 1.29 is 0 Å². The summed E-state index contributed by atoms with van der Waals surface area (Å²) >= 11 is 5.13. The van der Waals surface area contributed by atoms with E-state index in [0.29, 0.717) is 0 Å². The summed E-state index contributed by atoms with van der Waals surface area (Å²) in [7, 11) is 0. The van der Waals surface area contributed by atoms with Crippen LogP contribution in [0.2, 0.25) is 0 Å². The molecule has 0 aliphatic rings. The molecule has 2 rings (SSSR count). The highest BCUT2D eigenvalue weighted by molar-refractivity contribution is 9.10. The molecule has 1 aromatic heterocycles. The normalized spacial score (nSPS) is 10.8. The van der Waals surface area contributed by atoms with Gasteiger partial charge < -0.3 is 5.32 Å². The SMILES string of the molecule is CCNCc1nnc(-c2cc(Br)ccc2C)s1. The van der Waals surface area contributed by atoms with E-state index in [0.717, 1.165) is 33.1 Å². The quantitative estimate of drug-likeness (QED) is 0.940. The topological polar surface area (TPSA) is 37.8 Å². The third-order valence-corrected chi connectivity index (χ3v) is 3.87. The Morgan fingerprint density at radius 1 is 1.35 bits per heavy atom. The van der Waals surface area contributed by atoms with Crippen LogP contribution in [0.15, 0.2) is 22.7 Å². The number of hydrogen-bond acceptors (Lipinski definition) is 4. The zero-order valence-corrected chi connectivity index (χ0v) is 12.2. The minimum absolute atomic E-state index is 0.793. The lowest BCUT2D eigenvalue weighted by molar-refractivity contribution is 0.715. The molecule has 1 heterocycles. The summed E-state index contributed by atoms with van der Waals surface area (Å²) in [4.78, 5) is 0. The summed E-state index contributed by atoms with van der Waals surface area (Å²) in [6.45, 7) is 5.92. The van der Waals surface area contributed by atoms with Gasteiger partial charge in [-0.05, 0) is 31.2 Å². The Hall–Kier alpha value is -0.780. The van der Waals surface area contributed by atoms with Crippen molar-refractivity contribution in [3.05, 3.63) is 33.2 Å². The van der Waals surface area contributed by atoms with E-state index in [-0.39, 0.29) is 0 Å². The first-order chi connectivity index (χ1) is 8.20. The average molecular weight is 312 g/mol. The number of nitrogens with zero attached hydrogens (tertiary/aromatic N) is 2. The standard InChI is InChI=1S/C12H14BrN3S/c1-3-14-7-11-15-16-12(17-11)10-6-9(13)5-4-8(10)2/h4-6,14H,3,7H2,1-2H3. The number of benzene rings is 1. The average Bonchev–Trinajstić information content (AvgIpc) is 2.78. The first-order valence-corrected chi connectivity index (χ1v) is 7.11. The summed E-state index contributed by atoms with van der Waals surface area (Å²) in [5, 5.41) is 13.7. The monoisotopic (exact) mass is 311 g/mol. The van der Waals surface area contributed by atoms with Gasteiger partial charge in [-0.2, -0.15) is 0 Å². The van der Waals surface area contributed by atoms with Crippen molar-refractivity contribution in [1.82, 2.24) is 15.5 Å². The van der Waals surface area contributed by atoms with Gasteiger partial charge in [-0.1, -0.05) is 40.3 Å². The first kappa shape index (κ1) is 12.7. The Bertz CT molecular complexity index is 510. The maximum Gasteiger partial charge on any atom is 0.148 e. The Balaban J connectivity index is 2.27. The van der Waals surface area contributed by atoms with Crippen LogP contribution in [0.5, 0.6) is 0 Å². The molecule has 1 aromatic carbocycles. The van der Waals surface area contributed by atoms with Crippen LogP contribution < -0.4 is 5.32 Å².